The SMILES string of the molecule is CCC[C@@H]1[C@H](c2ccccc2)N[C@H](c2ccccc2)[C@@H](C)[C@@]1(O)c1ccc(F)cc1. The second-order valence-corrected chi connectivity index (χ2v) is 8.46. The van der Waals surface area contributed by atoms with Crippen molar-refractivity contribution in [3.63, 3.8) is 0 Å². The minimum absolute atomic E-state index is 0.0115. The molecule has 1 saturated heterocycles. The Balaban J connectivity index is 1.88. The molecule has 3 aromatic rings. The molecule has 0 bridgehead atoms. The Kier molecular flexibility index (Phi) is 6.03. The third kappa shape index (κ3) is 3.68. The molecule has 0 radical (unpaired) electrons. The van der Waals surface area contributed by atoms with Gasteiger partial charge < -0.3 is 10.4 Å². The topological polar surface area (TPSA) is 32.3 Å². The van der Waals surface area contributed by atoms with Gasteiger partial charge in [-0.25, -0.2) is 4.39 Å². The van der Waals surface area contributed by atoms with Gasteiger partial charge in [0.15, 0.2) is 0 Å². The first-order chi connectivity index (χ1) is 14.6. The van der Waals surface area contributed by atoms with Gasteiger partial charge in [-0.2, -0.15) is 0 Å². The molecule has 0 spiro atoms. The van der Waals surface area contributed by atoms with Crippen molar-refractivity contribution in [2.45, 2.75) is 44.4 Å². The molecular formula is C27H30FNO. The standard InChI is InChI=1S/C27H30FNO/c1-3-10-24-26(21-13-8-5-9-14-21)29-25(20-11-6-4-7-12-20)19(2)27(24,30)22-15-17-23(28)18-16-22/h4-9,11-19,24-26,29-30H,3,10H2,1-2H3/t19-,24-,25+,26+,27-/m1/s1. The Morgan fingerprint density at radius 2 is 1.37 bits per heavy atom. The van der Waals surface area contributed by atoms with Gasteiger partial charge >= 0.3 is 0 Å². The lowest BCUT2D eigenvalue weighted by Crippen LogP contribution is -2.56. The van der Waals surface area contributed by atoms with Crippen molar-refractivity contribution in [3.05, 3.63) is 107 Å². The predicted octanol–water partition coefficient (Wildman–Crippen LogP) is 6.15. The first-order valence-corrected chi connectivity index (χ1v) is 10.9. The van der Waals surface area contributed by atoms with Gasteiger partial charge in [-0.1, -0.05) is 93.1 Å². The van der Waals surface area contributed by atoms with E-state index >= 15 is 0 Å². The van der Waals surface area contributed by atoms with Crippen LogP contribution in [0.1, 0.15) is 55.5 Å². The van der Waals surface area contributed by atoms with E-state index in [1.54, 1.807) is 12.1 Å². The van der Waals surface area contributed by atoms with Crippen LogP contribution in [0.3, 0.4) is 0 Å². The summed E-state index contributed by atoms with van der Waals surface area (Å²) in [5, 5.41) is 16.3. The predicted molar refractivity (Wildman–Crippen MR) is 119 cm³/mol. The fourth-order valence-electron chi connectivity index (χ4n) is 5.23. The molecule has 3 aromatic carbocycles. The summed E-state index contributed by atoms with van der Waals surface area (Å²) in [5.41, 5.74) is 2.03. The van der Waals surface area contributed by atoms with Crippen LogP contribution in [-0.2, 0) is 5.60 Å². The van der Waals surface area contributed by atoms with Crippen molar-refractivity contribution in [2.24, 2.45) is 11.8 Å². The molecule has 30 heavy (non-hydrogen) atoms. The van der Waals surface area contributed by atoms with Crippen LogP contribution in [0, 0.1) is 17.7 Å². The van der Waals surface area contributed by atoms with Gasteiger partial charge in [0, 0.05) is 23.9 Å². The van der Waals surface area contributed by atoms with E-state index in [0.717, 1.165) is 24.0 Å². The van der Waals surface area contributed by atoms with Crippen LogP contribution in [0.2, 0.25) is 0 Å². The molecule has 1 heterocycles. The normalized spacial score (nSPS) is 28.9. The average Bonchev–Trinajstić information content (AvgIpc) is 2.79. The van der Waals surface area contributed by atoms with Crippen molar-refractivity contribution in [3.8, 4) is 0 Å². The van der Waals surface area contributed by atoms with Crippen LogP contribution in [-0.4, -0.2) is 5.11 Å². The summed E-state index contributed by atoms with van der Waals surface area (Å²) >= 11 is 0. The number of hydrogen-bond acceptors (Lipinski definition) is 2. The molecule has 4 rings (SSSR count). The summed E-state index contributed by atoms with van der Waals surface area (Å²) < 4.78 is 13.7. The number of piperidine rings is 1. The number of hydrogen-bond donors (Lipinski definition) is 2. The fourth-order valence-corrected chi connectivity index (χ4v) is 5.23. The molecule has 156 valence electrons. The zero-order valence-corrected chi connectivity index (χ0v) is 17.6. The number of nitrogens with one attached hydrogen (secondary N) is 1. The molecule has 3 heteroatoms. The Labute approximate surface area is 178 Å². The van der Waals surface area contributed by atoms with Crippen molar-refractivity contribution in [1.29, 1.82) is 0 Å². The fraction of sp³-hybridized carbons (Fsp3) is 0.333. The van der Waals surface area contributed by atoms with E-state index in [0.29, 0.717) is 0 Å². The van der Waals surface area contributed by atoms with Crippen LogP contribution in [0.5, 0.6) is 0 Å². The highest BCUT2D eigenvalue weighted by Gasteiger charge is 2.53. The summed E-state index contributed by atoms with van der Waals surface area (Å²) in [7, 11) is 0. The Morgan fingerprint density at radius 1 is 0.833 bits per heavy atom. The van der Waals surface area contributed by atoms with Gasteiger partial charge in [0.25, 0.3) is 0 Å². The van der Waals surface area contributed by atoms with Gasteiger partial charge in [0.2, 0.25) is 0 Å². The van der Waals surface area contributed by atoms with Crippen molar-refractivity contribution in [2.75, 3.05) is 0 Å². The third-order valence-electron chi connectivity index (χ3n) is 6.74. The van der Waals surface area contributed by atoms with E-state index < -0.39 is 5.60 Å². The van der Waals surface area contributed by atoms with Crippen LogP contribution >= 0.6 is 0 Å². The zero-order valence-electron chi connectivity index (χ0n) is 17.6. The van der Waals surface area contributed by atoms with Crippen LogP contribution < -0.4 is 5.32 Å². The third-order valence-corrected chi connectivity index (χ3v) is 6.74. The molecule has 0 amide bonds. The molecule has 0 aromatic heterocycles. The van der Waals surface area contributed by atoms with E-state index in [9.17, 15) is 9.50 Å². The van der Waals surface area contributed by atoms with Crippen LogP contribution in [0.4, 0.5) is 4.39 Å². The molecule has 1 fully saturated rings. The maximum Gasteiger partial charge on any atom is 0.123 e. The van der Waals surface area contributed by atoms with Gasteiger partial charge in [0.1, 0.15) is 5.82 Å². The average molecular weight is 404 g/mol. The summed E-state index contributed by atoms with van der Waals surface area (Å²) in [5.74, 6) is -0.414. The lowest BCUT2D eigenvalue weighted by Gasteiger charge is -2.53. The molecule has 0 saturated carbocycles. The highest BCUT2D eigenvalue weighted by atomic mass is 19.1. The molecule has 1 aliphatic rings. The van der Waals surface area contributed by atoms with E-state index in [4.69, 9.17) is 0 Å². The Bertz CT molecular complexity index is 944. The summed E-state index contributed by atoms with van der Waals surface area (Å²) in [6.07, 6.45) is 1.83. The molecule has 0 unspecified atom stereocenters. The quantitative estimate of drug-likeness (QED) is 0.535. The van der Waals surface area contributed by atoms with Crippen molar-refractivity contribution >= 4 is 0 Å². The highest BCUT2D eigenvalue weighted by Crippen LogP contribution is 2.53. The van der Waals surface area contributed by atoms with Crippen molar-refractivity contribution < 1.29 is 9.50 Å². The molecule has 0 aliphatic carbocycles. The van der Waals surface area contributed by atoms with Crippen LogP contribution in [0.25, 0.3) is 0 Å². The molecule has 5 atom stereocenters. The van der Waals surface area contributed by atoms with Gasteiger partial charge in [-0.15, -0.1) is 0 Å². The number of benzene rings is 3. The van der Waals surface area contributed by atoms with Crippen molar-refractivity contribution in [1.82, 2.24) is 5.32 Å². The lowest BCUT2D eigenvalue weighted by atomic mass is 9.61. The first kappa shape index (κ1) is 20.8. The minimum Gasteiger partial charge on any atom is -0.384 e. The largest absolute Gasteiger partial charge is 0.384 e. The van der Waals surface area contributed by atoms with Gasteiger partial charge in [-0.05, 0) is 35.2 Å². The first-order valence-electron chi connectivity index (χ1n) is 10.9. The van der Waals surface area contributed by atoms with Gasteiger partial charge in [-0.3, -0.25) is 0 Å². The smallest absolute Gasteiger partial charge is 0.123 e. The summed E-state index contributed by atoms with van der Waals surface area (Å²) in [4.78, 5) is 0. The highest BCUT2D eigenvalue weighted by molar-refractivity contribution is 5.33. The Morgan fingerprint density at radius 3 is 1.90 bits per heavy atom. The van der Waals surface area contributed by atoms with E-state index in [-0.39, 0.29) is 29.7 Å². The lowest BCUT2D eigenvalue weighted by molar-refractivity contribution is -0.127. The second kappa shape index (κ2) is 8.71. The molecule has 1 aliphatic heterocycles. The molecule has 2 nitrogen and oxygen atoms in total. The number of rotatable bonds is 5. The minimum atomic E-state index is -1.09. The maximum absolute atomic E-state index is 13.7. The number of aliphatic hydroxyl groups is 1. The van der Waals surface area contributed by atoms with E-state index in [1.165, 1.54) is 17.7 Å². The molecule has 2 N–H and O–H groups in total. The zero-order chi connectivity index (χ0) is 21.1. The van der Waals surface area contributed by atoms with Gasteiger partial charge in [0.05, 0.1) is 5.60 Å². The summed E-state index contributed by atoms with van der Waals surface area (Å²) in [6.45, 7) is 4.26. The van der Waals surface area contributed by atoms with E-state index in [2.05, 4.69) is 43.4 Å². The number of halogens is 1. The monoisotopic (exact) mass is 403 g/mol. The second-order valence-electron chi connectivity index (χ2n) is 8.46. The van der Waals surface area contributed by atoms with Crippen LogP contribution in [0.15, 0.2) is 84.9 Å². The van der Waals surface area contributed by atoms with E-state index in [1.807, 2.05) is 36.4 Å². The molecular weight excluding hydrogens is 373 g/mol. The Hall–Kier alpha value is -2.49. The maximum atomic E-state index is 13.7. The summed E-state index contributed by atoms with van der Waals surface area (Å²) in [6, 6.07) is 27.1.